The number of hydrogen-bond donors (Lipinski definition) is 1. The Balaban J connectivity index is 2.16. The highest BCUT2D eigenvalue weighted by molar-refractivity contribution is 7.86. The summed E-state index contributed by atoms with van der Waals surface area (Å²) < 4.78 is 78.8. The molecular formula is C23H26F3NO6S. The lowest BCUT2D eigenvalue weighted by Gasteiger charge is -2.44. The van der Waals surface area contributed by atoms with Crippen molar-refractivity contribution in [2.75, 3.05) is 17.2 Å². The summed E-state index contributed by atoms with van der Waals surface area (Å²) in [6.45, 7) is 5.59. The number of alkyl halides is 3. The first-order valence-electron chi connectivity index (χ1n) is 10.7. The summed E-state index contributed by atoms with van der Waals surface area (Å²) in [7, 11) is -4.48. The fourth-order valence-electron chi connectivity index (χ4n) is 4.35. The topological polar surface area (TPSA) is 105 Å². The first-order valence-corrected chi connectivity index (χ1v) is 12.3. The highest BCUT2D eigenvalue weighted by Gasteiger charge is 2.37. The lowest BCUT2D eigenvalue weighted by Crippen LogP contribution is -2.46. The van der Waals surface area contributed by atoms with Gasteiger partial charge in [-0.15, -0.1) is 0 Å². The molecule has 1 aromatic heterocycles. The third-order valence-corrected chi connectivity index (χ3v) is 6.45. The smallest absolute Gasteiger partial charge is 0.417 e. The zero-order valence-corrected chi connectivity index (χ0v) is 19.8. The van der Waals surface area contributed by atoms with Gasteiger partial charge in [0.05, 0.1) is 11.1 Å². The highest BCUT2D eigenvalue weighted by Crippen LogP contribution is 2.44. The Morgan fingerprint density at radius 2 is 1.82 bits per heavy atom. The molecule has 0 saturated carbocycles. The summed E-state index contributed by atoms with van der Waals surface area (Å²) in [5.74, 6) is -0.692. The molecular weight excluding hydrogens is 475 g/mol. The summed E-state index contributed by atoms with van der Waals surface area (Å²) in [6, 6.07) is 2.83. The quantitative estimate of drug-likeness (QED) is 0.314. The number of anilines is 1. The van der Waals surface area contributed by atoms with Crippen molar-refractivity contribution in [3.05, 3.63) is 45.8 Å². The van der Waals surface area contributed by atoms with Crippen molar-refractivity contribution < 1.29 is 35.4 Å². The van der Waals surface area contributed by atoms with Gasteiger partial charge in [-0.3, -0.25) is 4.55 Å². The first-order chi connectivity index (χ1) is 15.6. The van der Waals surface area contributed by atoms with E-state index in [0.29, 0.717) is 37.6 Å². The molecule has 0 unspecified atom stereocenters. The van der Waals surface area contributed by atoms with Crippen LogP contribution < -0.4 is 10.5 Å². The molecule has 34 heavy (non-hydrogen) atoms. The molecule has 0 atom stereocenters. The van der Waals surface area contributed by atoms with E-state index in [1.54, 1.807) is 6.08 Å². The number of benzene rings is 1. The van der Waals surface area contributed by atoms with Crippen molar-refractivity contribution >= 4 is 38.1 Å². The molecule has 0 saturated heterocycles. The van der Waals surface area contributed by atoms with E-state index < -0.39 is 38.8 Å². The summed E-state index contributed by atoms with van der Waals surface area (Å²) in [6.07, 6.45) is -0.668. The molecule has 186 valence electrons. The minimum atomic E-state index is -4.83. The van der Waals surface area contributed by atoms with Gasteiger partial charge in [-0.2, -0.15) is 21.6 Å². The zero-order valence-electron chi connectivity index (χ0n) is 19.0. The number of Topliss-reactive ketones (excluding diaryl/α,β-unsaturated/α-hetero) is 1. The van der Waals surface area contributed by atoms with Crippen LogP contribution in [-0.4, -0.2) is 36.6 Å². The van der Waals surface area contributed by atoms with Gasteiger partial charge in [0.25, 0.3) is 10.1 Å². The van der Waals surface area contributed by atoms with Gasteiger partial charge in [0.15, 0.2) is 0 Å². The van der Waals surface area contributed by atoms with Gasteiger partial charge >= 0.3 is 11.8 Å². The zero-order chi connectivity index (χ0) is 25.5. The lowest BCUT2D eigenvalue weighted by molar-refractivity contribution is -0.136. The molecule has 1 N–H and O–H groups in total. The van der Waals surface area contributed by atoms with Gasteiger partial charge in [0.2, 0.25) is 0 Å². The van der Waals surface area contributed by atoms with Crippen molar-refractivity contribution in [1.29, 1.82) is 0 Å². The molecule has 1 aliphatic rings. The Labute approximate surface area is 195 Å². The van der Waals surface area contributed by atoms with Crippen molar-refractivity contribution in [3.63, 3.8) is 0 Å². The van der Waals surface area contributed by atoms with E-state index >= 15 is 0 Å². The van der Waals surface area contributed by atoms with E-state index in [4.69, 9.17) is 4.42 Å². The van der Waals surface area contributed by atoms with E-state index in [9.17, 15) is 35.7 Å². The second-order valence-electron chi connectivity index (χ2n) is 9.06. The van der Waals surface area contributed by atoms with Crippen molar-refractivity contribution in [2.45, 2.75) is 58.2 Å². The number of fused-ring (bicyclic) bond motifs is 2. The second-order valence-corrected chi connectivity index (χ2v) is 10.5. The number of hydrogen-bond acceptors (Lipinski definition) is 6. The molecule has 0 spiro atoms. The maximum atomic E-state index is 13.6. The Hall–Kier alpha value is -2.66. The van der Waals surface area contributed by atoms with Crippen LogP contribution in [0.3, 0.4) is 0 Å². The first kappa shape index (κ1) is 26.0. The molecule has 2 aromatic rings. The third kappa shape index (κ3) is 5.87. The molecule has 11 heteroatoms. The van der Waals surface area contributed by atoms with Crippen molar-refractivity contribution in [3.8, 4) is 0 Å². The van der Waals surface area contributed by atoms with E-state index in [2.05, 4.69) is 0 Å². The van der Waals surface area contributed by atoms with Crippen LogP contribution in [0, 0.1) is 0 Å². The normalized spacial score (nSPS) is 15.9. The third-order valence-electron chi connectivity index (χ3n) is 5.77. The fourth-order valence-corrected chi connectivity index (χ4v) is 4.98. The fraction of sp³-hybridized carbons (Fsp3) is 0.478. The molecule has 1 aliphatic heterocycles. The molecule has 0 fully saturated rings. The molecule has 1 aromatic carbocycles. The van der Waals surface area contributed by atoms with Gasteiger partial charge in [-0.1, -0.05) is 12.5 Å². The standard InChI is InChI=1S/C23H26F3NO6S/c1-14(28)7-5-4-6-8-27-19-11-20-17(18(23(24,25)26)10-21(29)33-20)9-16(19)15(12-22(27,2)3)13-34(30,31)32/h9-12H,4-8,13H2,1-3H3,(H,30,31,32). The Kier molecular flexibility index (Phi) is 7.01. The van der Waals surface area contributed by atoms with Crippen LogP contribution in [-0.2, 0) is 21.1 Å². The van der Waals surface area contributed by atoms with Crippen molar-refractivity contribution in [2.24, 2.45) is 0 Å². The Bertz CT molecular complexity index is 1310. The van der Waals surface area contributed by atoms with Crippen LogP contribution >= 0.6 is 0 Å². The van der Waals surface area contributed by atoms with Crippen LogP contribution in [0.25, 0.3) is 16.5 Å². The van der Waals surface area contributed by atoms with E-state index in [0.717, 1.165) is 12.5 Å². The van der Waals surface area contributed by atoms with Crippen LogP contribution in [0.15, 0.2) is 33.5 Å². The number of carbonyl (C=O) groups excluding carboxylic acids is 1. The number of ketones is 1. The van der Waals surface area contributed by atoms with Crippen LogP contribution in [0.4, 0.5) is 18.9 Å². The molecule has 0 bridgehead atoms. The van der Waals surface area contributed by atoms with Crippen LogP contribution in [0.1, 0.15) is 57.6 Å². The minimum Gasteiger partial charge on any atom is -0.423 e. The van der Waals surface area contributed by atoms with E-state index in [-0.39, 0.29) is 27.9 Å². The monoisotopic (exact) mass is 501 g/mol. The second kappa shape index (κ2) is 9.18. The average Bonchev–Trinajstić information content (AvgIpc) is 2.65. The molecule has 2 heterocycles. The molecule has 0 amide bonds. The Morgan fingerprint density at radius 1 is 1.15 bits per heavy atom. The lowest BCUT2D eigenvalue weighted by atomic mass is 9.87. The summed E-state index contributed by atoms with van der Waals surface area (Å²) in [4.78, 5) is 24.9. The molecule has 0 radical (unpaired) electrons. The predicted octanol–water partition coefficient (Wildman–Crippen LogP) is 4.83. The largest absolute Gasteiger partial charge is 0.423 e. The molecule has 3 rings (SSSR count). The van der Waals surface area contributed by atoms with Crippen LogP contribution in [0.5, 0.6) is 0 Å². The van der Waals surface area contributed by atoms with Gasteiger partial charge in [0.1, 0.15) is 17.1 Å². The van der Waals surface area contributed by atoms with Crippen molar-refractivity contribution in [1.82, 2.24) is 0 Å². The number of halogens is 3. The number of nitrogens with zero attached hydrogens (tertiary/aromatic N) is 1. The highest BCUT2D eigenvalue weighted by atomic mass is 32.2. The summed E-state index contributed by atoms with van der Waals surface area (Å²) in [5.41, 5.74) is -2.63. The van der Waals surface area contributed by atoms with Gasteiger partial charge < -0.3 is 14.1 Å². The summed E-state index contributed by atoms with van der Waals surface area (Å²) in [5, 5.41) is -0.381. The molecule has 7 nitrogen and oxygen atoms in total. The maximum absolute atomic E-state index is 13.6. The van der Waals surface area contributed by atoms with Crippen LogP contribution in [0.2, 0.25) is 0 Å². The average molecular weight is 502 g/mol. The number of rotatable bonds is 8. The minimum absolute atomic E-state index is 0.0865. The number of carbonyl (C=O) groups is 1. The molecule has 0 aliphatic carbocycles. The van der Waals surface area contributed by atoms with E-state index in [1.165, 1.54) is 13.0 Å². The number of unbranched alkanes of at least 4 members (excludes halogenated alkanes) is 2. The van der Waals surface area contributed by atoms with Gasteiger partial charge in [-0.25, -0.2) is 4.79 Å². The summed E-state index contributed by atoms with van der Waals surface area (Å²) >= 11 is 0. The van der Waals surface area contributed by atoms with E-state index in [1.807, 2.05) is 18.7 Å². The van der Waals surface area contributed by atoms with Gasteiger partial charge in [-0.05, 0) is 45.3 Å². The maximum Gasteiger partial charge on any atom is 0.417 e. The Morgan fingerprint density at radius 3 is 2.41 bits per heavy atom. The predicted molar refractivity (Wildman–Crippen MR) is 122 cm³/mol. The van der Waals surface area contributed by atoms with Gasteiger partial charge in [0, 0.05) is 41.7 Å². The SMILES string of the molecule is CC(=O)CCCCCN1c2cc3oc(=O)cc(C(F)(F)F)c3cc2C(CS(=O)(=O)O)=CC1(C)C.